The Balaban J connectivity index is 1.94. The molecule has 1 aliphatic rings. The predicted molar refractivity (Wildman–Crippen MR) is 84.4 cm³/mol. The van der Waals surface area contributed by atoms with Gasteiger partial charge in [0.05, 0.1) is 11.7 Å². The first-order valence-electron chi connectivity index (χ1n) is 7.73. The van der Waals surface area contributed by atoms with Crippen LogP contribution in [0.15, 0.2) is 18.6 Å². The van der Waals surface area contributed by atoms with Crippen LogP contribution in [0, 0.1) is 0 Å². The summed E-state index contributed by atoms with van der Waals surface area (Å²) in [4.78, 5) is 24.7. The first kappa shape index (κ1) is 16.7. The summed E-state index contributed by atoms with van der Waals surface area (Å²) in [5.41, 5.74) is 0.495. The van der Waals surface area contributed by atoms with Gasteiger partial charge in [-0.25, -0.2) is 4.79 Å². The molecule has 1 aromatic rings. The second-order valence-corrected chi connectivity index (χ2v) is 6.84. The van der Waals surface area contributed by atoms with Crippen molar-refractivity contribution in [2.75, 3.05) is 20.1 Å². The SMILES string of the molecule is C[C@H](c1cnccn1)N(C)[C@@H]1CCN(C(=O)OC(C)(C)C)C1. The molecular formula is C16H26N4O2. The van der Waals surface area contributed by atoms with Crippen LogP contribution in [-0.2, 0) is 4.74 Å². The molecule has 122 valence electrons. The summed E-state index contributed by atoms with van der Waals surface area (Å²) in [5, 5.41) is 0. The number of hydrogen-bond acceptors (Lipinski definition) is 5. The topological polar surface area (TPSA) is 58.6 Å². The fourth-order valence-electron chi connectivity index (χ4n) is 2.62. The average molecular weight is 306 g/mol. The predicted octanol–water partition coefficient (Wildman–Crippen LogP) is 2.48. The van der Waals surface area contributed by atoms with Gasteiger partial charge in [0.2, 0.25) is 0 Å². The van der Waals surface area contributed by atoms with Gasteiger partial charge in [-0.15, -0.1) is 0 Å². The molecule has 0 saturated carbocycles. The van der Waals surface area contributed by atoms with E-state index >= 15 is 0 Å². The third-order valence-corrected chi connectivity index (χ3v) is 4.01. The van der Waals surface area contributed by atoms with Crippen LogP contribution in [0.4, 0.5) is 4.79 Å². The van der Waals surface area contributed by atoms with Crippen LogP contribution in [0.1, 0.15) is 45.9 Å². The van der Waals surface area contributed by atoms with Gasteiger partial charge < -0.3 is 9.64 Å². The van der Waals surface area contributed by atoms with E-state index in [0.717, 1.165) is 18.7 Å². The second-order valence-electron chi connectivity index (χ2n) is 6.84. The number of carbonyl (C=O) groups is 1. The van der Waals surface area contributed by atoms with E-state index < -0.39 is 5.60 Å². The number of rotatable bonds is 3. The Bertz CT molecular complexity index is 501. The van der Waals surface area contributed by atoms with Gasteiger partial charge in [-0.2, -0.15) is 0 Å². The Morgan fingerprint density at radius 1 is 1.45 bits per heavy atom. The zero-order valence-corrected chi connectivity index (χ0v) is 14.1. The highest BCUT2D eigenvalue weighted by molar-refractivity contribution is 5.68. The van der Waals surface area contributed by atoms with E-state index in [9.17, 15) is 4.79 Å². The minimum absolute atomic E-state index is 0.164. The van der Waals surface area contributed by atoms with E-state index in [1.165, 1.54) is 0 Å². The third kappa shape index (κ3) is 4.16. The largest absolute Gasteiger partial charge is 0.444 e. The van der Waals surface area contributed by atoms with Gasteiger partial charge in [0, 0.05) is 37.7 Å². The van der Waals surface area contributed by atoms with E-state index in [1.807, 2.05) is 20.8 Å². The van der Waals surface area contributed by atoms with E-state index in [1.54, 1.807) is 23.5 Å². The molecule has 0 unspecified atom stereocenters. The molecule has 0 radical (unpaired) electrons. The molecule has 0 N–H and O–H groups in total. The van der Waals surface area contributed by atoms with Gasteiger partial charge in [-0.3, -0.25) is 14.9 Å². The zero-order valence-electron chi connectivity index (χ0n) is 14.1. The van der Waals surface area contributed by atoms with Crippen LogP contribution < -0.4 is 0 Å². The van der Waals surface area contributed by atoms with Crippen molar-refractivity contribution in [1.82, 2.24) is 19.8 Å². The first-order valence-corrected chi connectivity index (χ1v) is 7.73. The van der Waals surface area contributed by atoms with Gasteiger partial charge in [-0.05, 0) is 41.2 Å². The summed E-state index contributed by atoms with van der Waals surface area (Å²) in [6.07, 6.45) is 5.90. The molecular weight excluding hydrogens is 280 g/mol. The lowest BCUT2D eigenvalue weighted by Crippen LogP contribution is -2.40. The van der Waals surface area contributed by atoms with E-state index in [-0.39, 0.29) is 12.1 Å². The normalized spacial score (nSPS) is 20.3. The Hall–Kier alpha value is -1.69. The van der Waals surface area contributed by atoms with Gasteiger partial charge in [-0.1, -0.05) is 0 Å². The highest BCUT2D eigenvalue weighted by Crippen LogP contribution is 2.24. The Morgan fingerprint density at radius 3 is 2.77 bits per heavy atom. The summed E-state index contributed by atoms with van der Waals surface area (Å²) in [6.45, 7) is 9.20. The van der Waals surface area contributed by atoms with E-state index in [0.29, 0.717) is 12.6 Å². The number of likely N-dealkylation sites (tertiary alicyclic amines) is 1. The number of likely N-dealkylation sites (N-methyl/N-ethyl adjacent to an activating group) is 1. The Labute approximate surface area is 132 Å². The highest BCUT2D eigenvalue weighted by Gasteiger charge is 2.33. The molecule has 0 aromatic carbocycles. The average Bonchev–Trinajstić information content (AvgIpc) is 2.95. The van der Waals surface area contributed by atoms with Gasteiger partial charge >= 0.3 is 6.09 Å². The van der Waals surface area contributed by atoms with Crippen molar-refractivity contribution < 1.29 is 9.53 Å². The van der Waals surface area contributed by atoms with Crippen molar-refractivity contribution in [3.05, 3.63) is 24.3 Å². The summed E-state index contributed by atoms with van der Waals surface area (Å²) < 4.78 is 5.44. The quantitative estimate of drug-likeness (QED) is 0.858. The van der Waals surface area contributed by atoms with Gasteiger partial charge in [0.1, 0.15) is 5.60 Å². The fourth-order valence-corrected chi connectivity index (χ4v) is 2.62. The molecule has 0 spiro atoms. The summed E-state index contributed by atoms with van der Waals surface area (Å²) in [7, 11) is 2.07. The second kappa shape index (κ2) is 6.60. The molecule has 1 fully saturated rings. The molecule has 1 saturated heterocycles. The monoisotopic (exact) mass is 306 g/mol. The van der Waals surface area contributed by atoms with Crippen LogP contribution in [-0.4, -0.2) is 57.6 Å². The van der Waals surface area contributed by atoms with E-state index in [2.05, 4.69) is 28.8 Å². The van der Waals surface area contributed by atoms with Crippen molar-refractivity contribution in [2.24, 2.45) is 0 Å². The zero-order chi connectivity index (χ0) is 16.3. The molecule has 2 heterocycles. The lowest BCUT2D eigenvalue weighted by molar-refractivity contribution is 0.0278. The summed E-state index contributed by atoms with van der Waals surface area (Å²) in [6, 6.07) is 0.474. The van der Waals surface area contributed by atoms with E-state index in [4.69, 9.17) is 4.74 Å². The van der Waals surface area contributed by atoms with Crippen molar-refractivity contribution in [3.8, 4) is 0 Å². The van der Waals surface area contributed by atoms with Crippen LogP contribution in [0.3, 0.4) is 0 Å². The maximum absolute atomic E-state index is 12.1. The standard InChI is InChI=1S/C16H26N4O2/c1-12(14-10-17-7-8-18-14)19(5)13-6-9-20(11-13)15(21)22-16(2,3)4/h7-8,10,12-13H,6,9,11H2,1-5H3/t12-,13-/m1/s1. The first-order chi connectivity index (χ1) is 10.3. The molecule has 1 amide bonds. The van der Waals surface area contributed by atoms with Crippen LogP contribution in [0.5, 0.6) is 0 Å². The van der Waals surface area contributed by atoms with Crippen LogP contribution in [0.2, 0.25) is 0 Å². The molecule has 1 aromatic heterocycles. The summed E-state index contributed by atoms with van der Waals surface area (Å²) >= 11 is 0. The number of amides is 1. The van der Waals surface area contributed by atoms with Crippen LogP contribution in [0.25, 0.3) is 0 Å². The molecule has 0 bridgehead atoms. The van der Waals surface area contributed by atoms with Crippen molar-refractivity contribution in [2.45, 2.75) is 51.8 Å². The third-order valence-electron chi connectivity index (χ3n) is 4.01. The van der Waals surface area contributed by atoms with Gasteiger partial charge in [0.25, 0.3) is 0 Å². The minimum atomic E-state index is -0.450. The van der Waals surface area contributed by atoms with Gasteiger partial charge in [0.15, 0.2) is 0 Å². The fraction of sp³-hybridized carbons (Fsp3) is 0.688. The molecule has 2 atom stereocenters. The lowest BCUT2D eigenvalue weighted by Gasteiger charge is -2.30. The molecule has 6 heteroatoms. The maximum Gasteiger partial charge on any atom is 0.410 e. The lowest BCUT2D eigenvalue weighted by atomic mass is 10.1. The molecule has 1 aliphatic heterocycles. The molecule has 6 nitrogen and oxygen atoms in total. The number of aromatic nitrogens is 2. The minimum Gasteiger partial charge on any atom is -0.444 e. The number of ether oxygens (including phenoxy) is 1. The number of hydrogen-bond donors (Lipinski definition) is 0. The van der Waals surface area contributed by atoms with Crippen molar-refractivity contribution in [1.29, 1.82) is 0 Å². The summed E-state index contributed by atoms with van der Waals surface area (Å²) in [5.74, 6) is 0. The highest BCUT2D eigenvalue weighted by atomic mass is 16.6. The maximum atomic E-state index is 12.1. The molecule has 22 heavy (non-hydrogen) atoms. The number of nitrogens with zero attached hydrogens (tertiary/aromatic N) is 4. The Morgan fingerprint density at radius 2 is 2.18 bits per heavy atom. The Kier molecular flexibility index (Phi) is 5.01. The van der Waals surface area contributed by atoms with Crippen molar-refractivity contribution in [3.63, 3.8) is 0 Å². The molecule has 2 rings (SSSR count). The molecule has 0 aliphatic carbocycles. The van der Waals surface area contributed by atoms with Crippen molar-refractivity contribution >= 4 is 6.09 Å². The smallest absolute Gasteiger partial charge is 0.410 e. The number of carbonyl (C=O) groups excluding carboxylic acids is 1. The van der Waals surface area contributed by atoms with Crippen LogP contribution >= 0.6 is 0 Å².